The van der Waals surface area contributed by atoms with Crippen LogP contribution in [0.25, 0.3) is 0 Å². The Labute approximate surface area is 441 Å². The molecule has 4 N–H and O–H groups in total. The van der Waals surface area contributed by atoms with E-state index in [-0.39, 0.29) is 34.5 Å². The van der Waals surface area contributed by atoms with E-state index in [4.69, 9.17) is 18.9 Å². The molecule has 12 heteroatoms. The van der Waals surface area contributed by atoms with Crippen LogP contribution in [0.3, 0.4) is 0 Å². The normalized spacial score (nSPS) is 17.4. The Hall–Kier alpha value is -4.88. The van der Waals surface area contributed by atoms with E-state index in [1.54, 1.807) is 6.08 Å². The van der Waals surface area contributed by atoms with E-state index in [2.05, 4.69) is 107 Å². The molecule has 12 nitrogen and oxygen atoms in total. The minimum Gasteiger partial charge on any atom is -0.381 e. The lowest BCUT2D eigenvalue weighted by Gasteiger charge is -2.33. The molecule has 0 aromatic rings. The second-order valence-electron chi connectivity index (χ2n) is 20.8. The molecule has 0 fully saturated rings. The molecule has 0 aliphatic heterocycles. The summed E-state index contributed by atoms with van der Waals surface area (Å²) in [6.45, 7) is 28.7. The first-order valence-corrected chi connectivity index (χ1v) is 27.1. The number of unbranched alkanes of at least 4 members (excludes halogenated alkanes) is 1. The van der Waals surface area contributed by atoms with Crippen molar-refractivity contribution >= 4 is 23.6 Å². The van der Waals surface area contributed by atoms with Crippen LogP contribution in [0.5, 0.6) is 0 Å². The van der Waals surface area contributed by atoms with Gasteiger partial charge in [-0.05, 0) is 152 Å². The number of hydrogen-bond donors (Lipinski definition) is 4. The number of carbonyl (C=O) groups is 4. The molecule has 0 bridgehead atoms. The van der Waals surface area contributed by atoms with Gasteiger partial charge in [-0.2, -0.15) is 0 Å². The fourth-order valence-electron chi connectivity index (χ4n) is 8.84. The lowest BCUT2D eigenvalue weighted by atomic mass is 9.72. The van der Waals surface area contributed by atoms with Gasteiger partial charge in [0.05, 0.1) is 33.0 Å². The summed E-state index contributed by atoms with van der Waals surface area (Å²) >= 11 is 0. The SMILES string of the molecule is CCOCCC(=O)NCCCOCCOCCOCCCNC(=O)[C@H](CCCCNC(=O)/C=C(C)/C=C/C=C(C)/C=C/C1=C(C)CCCC1(C)C)NC(=O)/C=C(C)/C=C/C=C(C)/C=C/C1=C(C)CCCC1(C)C. The highest BCUT2D eigenvalue weighted by molar-refractivity contribution is 5.93. The standard InChI is InChI=1S/C61H96N4O8/c1-12-70-40-32-56(66)62-36-19-38-71-41-43-73-44-42-72-39-20-37-64-59(69)55(65-58(68)46-50(5)24-16-22-48(3)29-31-54-52(7)26-18-34-61(54,10)11)27-13-14-35-63-57(67)45-49(4)23-15-21-47(2)28-30-53-51(6)25-17-33-60(53,8)9/h15-16,21-24,28-31,45-46,55H,12-14,17-20,25-27,32-44H2,1-11H3,(H,62,66)(H,63,67)(H,64,69)(H,65,68)/b23-15+,24-16+,30-28+,31-29+,47-21+,48-22+,49-45+,50-46+/t55-/m0/s1. The largest absolute Gasteiger partial charge is 0.381 e. The van der Waals surface area contributed by atoms with Crippen LogP contribution < -0.4 is 21.3 Å². The Morgan fingerprint density at radius 2 is 1.04 bits per heavy atom. The summed E-state index contributed by atoms with van der Waals surface area (Å²) in [6, 6.07) is -0.750. The van der Waals surface area contributed by atoms with Crippen LogP contribution in [0.15, 0.2) is 117 Å². The van der Waals surface area contributed by atoms with Crippen molar-refractivity contribution < 1.29 is 38.1 Å². The minimum absolute atomic E-state index is 0.0205. The summed E-state index contributed by atoms with van der Waals surface area (Å²) in [6.07, 6.45) is 34.3. The molecule has 0 unspecified atom stereocenters. The van der Waals surface area contributed by atoms with E-state index in [1.807, 2.05) is 51.2 Å². The number of ether oxygens (including phenoxy) is 4. The zero-order valence-corrected chi connectivity index (χ0v) is 47.0. The Balaban J connectivity index is 1.86. The topological polar surface area (TPSA) is 153 Å². The third-order valence-corrected chi connectivity index (χ3v) is 13.1. The molecule has 408 valence electrons. The van der Waals surface area contributed by atoms with E-state index in [0.29, 0.717) is 105 Å². The maximum atomic E-state index is 13.4. The first kappa shape index (κ1) is 64.2. The number of nitrogens with one attached hydrogen (secondary N) is 4. The number of hydrogen-bond acceptors (Lipinski definition) is 8. The van der Waals surface area contributed by atoms with Gasteiger partial charge in [0.1, 0.15) is 6.04 Å². The number of carbonyl (C=O) groups excluding carboxylic acids is 4. The van der Waals surface area contributed by atoms with Crippen molar-refractivity contribution in [3.8, 4) is 0 Å². The molecule has 2 aliphatic rings. The second-order valence-corrected chi connectivity index (χ2v) is 20.8. The van der Waals surface area contributed by atoms with Gasteiger partial charge in [-0.3, -0.25) is 19.2 Å². The quantitative estimate of drug-likeness (QED) is 0.0278. The van der Waals surface area contributed by atoms with Crippen LogP contribution in [-0.4, -0.2) is 102 Å². The average molecular weight is 1010 g/mol. The van der Waals surface area contributed by atoms with E-state index in [0.717, 1.165) is 41.6 Å². The van der Waals surface area contributed by atoms with Gasteiger partial charge < -0.3 is 40.2 Å². The van der Waals surface area contributed by atoms with E-state index >= 15 is 0 Å². The molecule has 0 saturated carbocycles. The Bertz CT molecular complexity index is 2040. The van der Waals surface area contributed by atoms with E-state index in [9.17, 15) is 19.2 Å². The van der Waals surface area contributed by atoms with Crippen molar-refractivity contribution in [1.82, 2.24) is 21.3 Å². The molecule has 73 heavy (non-hydrogen) atoms. The third-order valence-electron chi connectivity index (χ3n) is 13.1. The molecular formula is C61H96N4O8. The maximum Gasteiger partial charge on any atom is 0.244 e. The van der Waals surface area contributed by atoms with E-state index in [1.165, 1.54) is 54.1 Å². The molecule has 0 saturated heterocycles. The van der Waals surface area contributed by atoms with Gasteiger partial charge >= 0.3 is 0 Å². The Morgan fingerprint density at radius 3 is 1.55 bits per heavy atom. The van der Waals surface area contributed by atoms with Gasteiger partial charge in [0, 0.05) is 58.0 Å². The molecule has 2 rings (SSSR count). The Morgan fingerprint density at radius 1 is 0.562 bits per heavy atom. The molecule has 0 heterocycles. The van der Waals surface area contributed by atoms with Crippen molar-refractivity contribution in [2.45, 2.75) is 159 Å². The number of allylic oxidation sites excluding steroid dienone is 18. The lowest BCUT2D eigenvalue weighted by molar-refractivity contribution is -0.127. The van der Waals surface area contributed by atoms with Crippen LogP contribution in [0.4, 0.5) is 0 Å². The van der Waals surface area contributed by atoms with Gasteiger partial charge in [0.25, 0.3) is 0 Å². The predicted molar refractivity (Wildman–Crippen MR) is 300 cm³/mol. The molecule has 0 aromatic carbocycles. The van der Waals surface area contributed by atoms with Crippen LogP contribution in [0, 0.1) is 10.8 Å². The van der Waals surface area contributed by atoms with Gasteiger partial charge in [-0.15, -0.1) is 0 Å². The molecule has 4 amide bonds. The summed E-state index contributed by atoms with van der Waals surface area (Å²) in [5.41, 5.74) is 10.0. The number of amides is 4. The Kier molecular flexibility index (Phi) is 32.5. The highest BCUT2D eigenvalue weighted by atomic mass is 16.5. The fourth-order valence-corrected chi connectivity index (χ4v) is 8.84. The zero-order chi connectivity index (χ0) is 53.9. The maximum absolute atomic E-state index is 13.4. The smallest absolute Gasteiger partial charge is 0.244 e. The molecule has 0 spiro atoms. The van der Waals surface area contributed by atoms with Crippen molar-refractivity contribution in [3.63, 3.8) is 0 Å². The summed E-state index contributed by atoms with van der Waals surface area (Å²) in [5, 5.41) is 11.7. The highest BCUT2D eigenvalue weighted by Crippen LogP contribution is 2.42. The van der Waals surface area contributed by atoms with Crippen LogP contribution in [0.1, 0.15) is 153 Å². The molecule has 0 radical (unpaired) electrons. The van der Waals surface area contributed by atoms with Gasteiger partial charge in [0.15, 0.2) is 0 Å². The number of rotatable bonds is 35. The third kappa shape index (κ3) is 29.6. The van der Waals surface area contributed by atoms with Crippen LogP contribution >= 0.6 is 0 Å². The van der Waals surface area contributed by atoms with Crippen molar-refractivity contribution in [2.24, 2.45) is 10.8 Å². The lowest BCUT2D eigenvalue weighted by Crippen LogP contribution is -2.46. The van der Waals surface area contributed by atoms with Crippen LogP contribution in [-0.2, 0) is 38.1 Å². The van der Waals surface area contributed by atoms with Gasteiger partial charge in [0.2, 0.25) is 23.6 Å². The van der Waals surface area contributed by atoms with E-state index < -0.39 is 6.04 Å². The predicted octanol–water partition coefficient (Wildman–Crippen LogP) is 11.3. The monoisotopic (exact) mass is 1010 g/mol. The highest BCUT2D eigenvalue weighted by Gasteiger charge is 2.27. The summed E-state index contributed by atoms with van der Waals surface area (Å²) in [4.78, 5) is 51.1. The van der Waals surface area contributed by atoms with Gasteiger partial charge in [-0.25, -0.2) is 0 Å². The first-order valence-electron chi connectivity index (χ1n) is 27.1. The second kappa shape index (κ2) is 36.9. The first-order chi connectivity index (χ1) is 34.8. The average Bonchev–Trinajstić information content (AvgIpc) is 3.31. The molecular weight excluding hydrogens is 917 g/mol. The van der Waals surface area contributed by atoms with Crippen LogP contribution in [0.2, 0.25) is 0 Å². The summed E-state index contributed by atoms with van der Waals surface area (Å²) in [7, 11) is 0. The summed E-state index contributed by atoms with van der Waals surface area (Å²) in [5.74, 6) is -0.809. The molecule has 0 aromatic heterocycles. The fraction of sp³-hybridized carbons (Fsp3) is 0.607. The molecule has 2 aliphatic carbocycles. The summed E-state index contributed by atoms with van der Waals surface area (Å²) < 4.78 is 22.0. The van der Waals surface area contributed by atoms with Crippen molar-refractivity contribution in [1.29, 1.82) is 0 Å². The zero-order valence-electron chi connectivity index (χ0n) is 47.0. The molecule has 1 atom stereocenters. The minimum atomic E-state index is -0.750. The van der Waals surface area contributed by atoms with Crippen molar-refractivity contribution in [2.75, 3.05) is 72.5 Å². The van der Waals surface area contributed by atoms with Gasteiger partial charge in [-0.1, -0.05) is 111 Å². The van der Waals surface area contributed by atoms with Crippen molar-refractivity contribution in [3.05, 3.63) is 117 Å².